The molecule has 1 heterocycles. The molecule has 0 aromatic carbocycles. The average molecular weight is 279 g/mol. The molecule has 1 aromatic rings. The van der Waals surface area contributed by atoms with Gasteiger partial charge in [0.1, 0.15) is 0 Å². The maximum absolute atomic E-state index is 12.5. The van der Waals surface area contributed by atoms with Crippen molar-refractivity contribution in [2.45, 2.75) is 51.0 Å². The number of carbonyl (C=O) groups is 2. The second-order valence-electron chi connectivity index (χ2n) is 5.26. The number of carboxylic acid groups (broad SMARTS) is 1. The lowest BCUT2D eigenvalue weighted by atomic mass is 10.1. The Morgan fingerprint density at radius 3 is 2.50 bits per heavy atom. The van der Waals surface area contributed by atoms with E-state index in [0.717, 1.165) is 25.7 Å². The molecule has 1 fully saturated rings. The Balaban J connectivity index is 2.10. The normalized spacial score (nSPS) is 16.6. The fourth-order valence-electron chi connectivity index (χ4n) is 2.78. The first-order valence-corrected chi connectivity index (χ1v) is 7.25. The van der Waals surface area contributed by atoms with E-state index in [-0.39, 0.29) is 24.9 Å². The Kier molecular flexibility index (Phi) is 5.21. The second kappa shape index (κ2) is 7.12. The average Bonchev–Trinajstić information content (AvgIpc) is 2.83. The van der Waals surface area contributed by atoms with E-state index in [9.17, 15) is 9.59 Å². The number of nitrogens with zero attached hydrogens (tertiary/aromatic N) is 1. The minimum atomic E-state index is -0.879. The Labute approximate surface area is 118 Å². The van der Waals surface area contributed by atoms with Crippen LogP contribution >= 0.6 is 0 Å². The first kappa shape index (κ1) is 14.6. The molecule has 5 nitrogen and oxygen atoms in total. The van der Waals surface area contributed by atoms with Crippen molar-refractivity contribution >= 4 is 11.9 Å². The van der Waals surface area contributed by atoms with Gasteiger partial charge in [-0.15, -0.1) is 0 Å². The van der Waals surface area contributed by atoms with Gasteiger partial charge in [-0.2, -0.15) is 0 Å². The first-order valence-electron chi connectivity index (χ1n) is 7.25. The third-order valence-corrected chi connectivity index (χ3v) is 3.82. The minimum Gasteiger partial charge on any atom is -0.481 e. The molecule has 0 atom stereocenters. The third kappa shape index (κ3) is 3.85. The number of rotatable bonds is 5. The van der Waals surface area contributed by atoms with Crippen molar-refractivity contribution in [3.8, 4) is 0 Å². The minimum absolute atomic E-state index is 0.0249. The Morgan fingerprint density at radius 1 is 1.25 bits per heavy atom. The molecule has 2 rings (SSSR count). The molecule has 1 N–H and O–H groups in total. The van der Waals surface area contributed by atoms with Gasteiger partial charge in [0.15, 0.2) is 5.76 Å². The Bertz CT molecular complexity index is 433. The summed E-state index contributed by atoms with van der Waals surface area (Å²) in [6.07, 6.45) is 7.92. The van der Waals surface area contributed by atoms with Crippen LogP contribution in [0.4, 0.5) is 0 Å². The quantitative estimate of drug-likeness (QED) is 0.841. The Morgan fingerprint density at radius 2 is 1.95 bits per heavy atom. The van der Waals surface area contributed by atoms with Crippen molar-refractivity contribution in [3.63, 3.8) is 0 Å². The van der Waals surface area contributed by atoms with Crippen LogP contribution < -0.4 is 0 Å². The third-order valence-electron chi connectivity index (χ3n) is 3.82. The van der Waals surface area contributed by atoms with Gasteiger partial charge in [-0.05, 0) is 25.0 Å². The van der Waals surface area contributed by atoms with Crippen molar-refractivity contribution in [1.29, 1.82) is 0 Å². The van der Waals surface area contributed by atoms with E-state index in [2.05, 4.69) is 0 Å². The van der Waals surface area contributed by atoms with Gasteiger partial charge in [-0.3, -0.25) is 9.59 Å². The van der Waals surface area contributed by atoms with E-state index in [4.69, 9.17) is 9.52 Å². The van der Waals surface area contributed by atoms with E-state index >= 15 is 0 Å². The fraction of sp³-hybridized carbons (Fsp3) is 0.600. The van der Waals surface area contributed by atoms with Crippen LogP contribution in [0, 0.1) is 0 Å². The molecule has 5 heteroatoms. The molecule has 0 bridgehead atoms. The highest BCUT2D eigenvalue weighted by molar-refractivity contribution is 5.91. The lowest BCUT2D eigenvalue weighted by Crippen LogP contribution is -2.41. The number of carbonyl (C=O) groups excluding carboxylic acids is 1. The van der Waals surface area contributed by atoms with Crippen LogP contribution in [0.5, 0.6) is 0 Å². The maximum atomic E-state index is 12.5. The summed E-state index contributed by atoms with van der Waals surface area (Å²) in [5, 5.41) is 8.87. The zero-order valence-electron chi connectivity index (χ0n) is 11.6. The lowest BCUT2D eigenvalue weighted by molar-refractivity contribution is -0.137. The van der Waals surface area contributed by atoms with Crippen LogP contribution in [-0.4, -0.2) is 34.5 Å². The topological polar surface area (TPSA) is 70.8 Å². The van der Waals surface area contributed by atoms with Crippen LogP contribution in [0.1, 0.15) is 55.5 Å². The van der Waals surface area contributed by atoms with Gasteiger partial charge in [0.2, 0.25) is 0 Å². The van der Waals surface area contributed by atoms with Crippen LogP contribution in [0.25, 0.3) is 0 Å². The molecule has 1 amide bonds. The summed E-state index contributed by atoms with van der Waals surface area (Å²) in [4.78, 5) is 25.0. The summed E-state index contributed by atoms with van der Waals surface area (Å²) >= 11 is 0. The van der Waals surface area contributed by atoms with Gasteiger partial charge in [0.05, 0.1) is 12.7 Å². The highest BCUT2D eigenvalue weighted by Gasteiger charge is 2.27. The number of aliphatic carboxylic acids is 1. The molecule has 0 aliphatic heterocycles. The van der Waals surface area contributed by atoms with Gasteiger partial charge >= 0.3 is 5.97 Å². The molecule has 0 radical (unpaired) electrons. The van der Waals surface area contributed by atoms with Gasteiger partial charge in [-0.25, -0.2) is 0 Å². The zero-order valence-corrected chi connectivity index (χ0v) is 11.6. The molecule has 20 heavy (non-hydrogen) atoms. The summed E-state index contributed by atoms with van der Waals surface area (Å²) < 4.78 is 5.17. The van der Waals surface area contributed by atoms with E-state index in [0.29, 0.717) is 5.76 Å². The molecule has 110 valence electrons. The van der Waals surface area contributed by atoms with Crippen molar-refractivity contribution < 1.29 is 19.1 Å². The summed E-state index contributed by atoms with van der Waals surface area (Å²) in [5.41, 5.74) is 0. The highest BCUT2D eigenvalue weighted by atomic mass is 16.4. The molecule has 1 aliphatic carbocycles. The Hall–Kier alpha value is -1.78. The SMILES string of the molecule is O=C(O)CCN(C(=O)c1ccco1)C1CCCCCC1. The number of carboxylic acids is 1. The van der Waals surface area contributed by atoms with Crippen LogP contribution in [-0.2, 0) is 4.79 Å². The van der Waals surface area contributed by atoms with Gasteiger partial charge in [0.25, 0.3) is 5.91 Å². The molecule has 0 spiro atoms. The second-order valence-corrected chi connectivity index (χ2v) is 5.26. The maximum Gasteiger partial charge on any atom is 0.305 e. The summed E-state index contributed by atoms with van der Waals surface area (Å²) in [6.45, 7) is 0.250. The van der Waals surface area contributed by atoms with E-state index < -0.39 is 5.97 Å². The van der Waals surface area contributed by atoms with E-state index in [1.54, 1.807) is 17.0 Å². The molecular formula is C15H21NO4. The van der Waals surface area contributed by atoms with Crippen molar-refractivity contribution in [2.75, 3.05) is 6.54 Å². The molecule has 0 unspecified atom stereocenters. The molecule has 0 saturated heterocycles. The standard InChI is InChI=1S/C15H21NO4/c17-14(18)9-10-16(12-6-3-1-2-4-7-12)15(19)13-8-5-11-20-13/h5,8,11-12H,1-4,6-7,9-10H2,(H,17,18). The van der Waals surface area contributed by atoms with Crippen molar-refractivity contribution in [2.24, 2.45) is 0 Å². The van der Waals surface area contributed by atoms with Crippen molar-refractivity contribution in [3.05, 3.63) is 24.2 Å². The number of hydrogen-bond acceptors (Lipinski definition) is 3. The van der Waals surface area contributed by atoms with Crippen LogP contribution in [0.15, 0.2) is 22.8 Å². The van der Waals surface area contributed by atoms with Gasteiger partial charge in [0, 0.05) is 12.6 Å². The predicted molar refractivity (Wildman–Crippen MR) is 73.5 cm³/mol. The van der Waals surface area contributed by atoms with E-state index in [1.807, 2.05) is 0 Å². The van der Waals surface area contributed by atoms with Crippen molar-refractivity contribution in [1.82, 2.24) is 4.90 Å². The van der Waals surface area contributed by atoms with Gasteiger partial charge < -0.3 is 14.4 Å². The number of furan rings is 1. The summed E-state index contributed by atoms with van der Waals surface area (Å²) in [6, 6.07) is 3.44. The molecule has 1 aromatic heterocycles. The molecular weight excluding hydrogens is 258 g/mol. The number of amides is 1. The number of hydrogen-bond donors (Lipinski definition) is 1. The summed E-state index contributed by atoms with van der Waals surface area (Å²) in [7, 11) is 0. The zero-order chi connectivity index (χ0) is 14.4. The van der Waals surface area contributed by atoms with Crippen LogP contribution in [0.3, 0.4) is 0 Å². The molecule has 1 aliphatic rings. The monoisotopic (exact) mass is 279 g/mol. The fourth-order valence-corrected chi connectivity index (χ4v) is 2.78. The highest BCUT2D eigenvalue weighted by Crippen LogP contribution is 2.23. The lowest BCUT2D eigenvalue weighted by Gasteiger charge is -2.30. The van der Waals surface area contributed by atoms with E-state index in [1.165, 1.54) is 19.1 Å². The first-order chi connectivity index (χ1) is 9.68. The van der Waals surface area contributed by atoms with Crippen LogP contribution in [0.2, 0.25) is 0 Å². The molecule has 1 saturated carbocycles. The largest absolute Gasteiger partial charge is 0.481 e. The predicted octanol–water partition coefficient (Wildman–Crippen LogP) is 2.92. The smallest absolute Gasteiger partial charge is 0.305 e. The van der Waals surface area contributed by atoms with Gasteiger partial charge in [-0.1, -0.05) is 25.7 Å². The summed E-state index contributed by atoms with van der Waals surface area (Å²) in [5.74, 6) is -0.779.